The van der Waals surface area contributed by atoms with Crippen molar-refractivity contribution in [2.24, 2.45) is 5.92 Å². The van der Waals surface area contributed by atoms with E-state index in [4.69, 9.17) is 4.74 Å². The summed E-state index contributed by atoms with van der Waals surface area (Å²) in [6.07, 6.45) is 5.33. The molecular weight excluding hydrogens is 336 g/mol. The van der Waals surface area contributed by atoms with Gasteiger partial charge in [0.2, 0.25) is 5.91 Å². The standard InChI is InChI=1S/C19H28N2O3S/c1-24-7-8-25(23)13-14-3-2-4-16(9-14)21-19(22)12-15-10-17-5-6-18(11-15)20-17/h2-4,9,15,17-18,20H,5-8,10-13H2,1H3,(H,21,22). The van der Waals surface area contributed by atoms with Crippen molar-refractivity contribution in [2.45, 2.75) is 49.9 Å². The van der Waals surface area contributed by atoms with Crippen LogP contribution < -0.4 is 10.6 Å². The number of hydrogen-bond donors (Lipinski definition) is 2. The molecular formula is C19H28N2O3S. The van der Waals surface area contributed by atoms with Crippen LogP contribution in [0.25, 0.3) is 0 Å². The Balaban J connectivity index is 1.49. The van der Waals surface area contributed by atoms with Gasteiger partial charge in [0.1, 0.15) is 0 Å². The average molecular weight is 365 g/mol. The molecule has 3 rings (SSSR count). The van der Waals surface area contributed by atoms with E-state index in [9.17, 15) is 9.00 Å². The van der Waals surface area contributed by atoms with E-state index in [1.807, 2.05) is 24.3 Å². The van der Waals surface area contributed by atoms with Crippen LogP contribution in [0.1, 0.15) is 37.7 Å². The zero-order valence-electron chi connectivity index (χ0n) is 14.8. The van der Waals surface area contributed by atoms with Crippen LogP contribution in [-0.4, -0.2) is 41.7 Å². The van der Waals surface area contributed by atoms with Gasteiger partial charge in [0.05, 0.1) is 6.61 Å². The van der Waals surface area contributed by atoms with Gasteiger partial charge in [-0.25, -0.2) is 0 Å². The molecule has 0 aromatic heterocycles. The number of rotatable bonds is 8. The molecule has 6 heteroatoms. The van der Waals surface area contributed by atoms with Crippen molar-refractivity contribution >= 4 is 22.4 Å². The number of carbonyl (C=O) groups is 1. The van der Waals surface area contributed by atoms with E-state index >= 15 is 0 Å². The van der Waals surface area contributed by atoms with Gasteiger partial charge in [-0.1, -0.05) is 12.1 Å². The highest BCUT2D eigenvalue weighted by molar-refractivity contribution is 7.84. The molecule has 2 aliphatic heterocycles. The number of hydrogen-bond acceptors (Lipinski definition) is 4. The summed E-state index contributed by atoms with van der Waals surface area (Å²) < 4.78 is 16.9. The Morgan fingerprint density at radius 3 is 2.80 bits per heavy atom. The molecule has 0 radical (unpaired) electrons. The number of piperidine rings is 1. The highest BCUT2D eigenvalue weighted by atomic mass is 32.2. The van der Waals surface area contributed by atoms with Crippen LogP contribution in [0.15, 0.2) is 24.3 Å². The van der Waals surface area contributed by atoms with Gasteiger partial charge in [-0.15, -0.1) is 0 Å². The molecule has 2 fully saturated rings. The first kappa shape index (κ1) is 18.5. The number of anilines is 1. The Hall–Kier alpha value is -1.24. The molecule has 2 aliphatic rings. The second-order valence-electron chi connectivity index (χ2n) is 7.21. The van der Waals surface area contributed by atoms with E-state index in [2.05, 4.69) is 10.6 Å². The molecule has 2 bridgehead atoms. The summed E-state index contributed by atoms with van der Waals surface area (Å²) in [4.78, 5) is 12.4. The third kappa shape index (κ3) is 5.62. The van der Waals surface area contributed by atoms with E-state index in [0.29, 0.717) is 42.5 Å². The minimum absolute atomic E-state index is 0.0870. The quantitative estimate of drug-likeness (QED) is 0.743. The maximum absolute atomic E-state index is 12.4. The van der Waals surface area contributed by atoms with Crippen molar-refractivity contribution in [1.29, 1.82) is 0 Å². The third-order valence-electron chi connectivity index (χ3n) is 5.10. The molecule has 3 unspecified atom stereocenters. The summed E-state index contributed by atoms with van der Waals surface area (Å²) in [6, 6.07) is 8.90. The molecule has 1 aromatic carbocycles. The Morgan fingerprint density at radius 1 is 1.32 bits per heavy atom. The first-order valence-electron chi connectivity index (χ1n) is 9.11. The van der Waals surface area contributed by atoms with E-state index in [0.717, 1.165) is 24.1 Å². The van der Waals surface area contributed by atoms with E-state index in [1.54, 1.807) is 7.11 Å². The monoisotopic (exact) mass is 364 g/mol. The normalized spacial score (nSPS) is 26.4. The first-order valence-corrected chi connectivity index (χ1v) is 10.6. The molecule has 138 valence electrons. The smallest absolute Gasteiger partial charge is 0.224 e. The van der Waals surface area contributed by atoms with Gasteiger partial charge in [-0.3, -0.25) is 9.00 Å². The van der Waals surface area contributed by atoms with E-state index in [-0.39, 0.29) is 5.91 Å². The summed E-state index contributed by atoms with van der Waals surface area (Å²) >= 11 is 0. The molecule has 0 aliphatic carbocycles. The van der Waals surface area contributed by atoms with Crippen LogP contribution in [0.5, 0.6) is 0 Å². The summed E-state index contributed by atoms with van der Waals surface area (Å²) in [7, 11) is 0.669. The topological polar surface area (TPSA) is 67.4 Å². The maximum Gasteiger partial charge on any atom is 0.224 e. The lowest BCUT2D eigenvalue weighted by Crippen LogP contribution is -2.39. The summed E-state index contributed by atoms with van der Waals surface area (Å²) in [6.45, 7) is 0.501. The van der Waals surface area contributed by atoms with Gasteiger partial charge < -0.3 is 15.4 Å². The van der Waals surface area contributed by atoms with Crippen LogP contribution in [0.4, 0.5) is 5.69 Å². The first-order chi connectivity index (χ1) is 12.1. The highest BCUT2D eigenvalue weighted by Gasteiger charge is 2.34. The van der Waals surface area contributed by atoms with Gasteiger partial charge >= 0.3 is 0 Å². The van der Waals surface area contributed by atoms with Crippen molar-refractivity contribution in [2.75, 3.05) is 24.8 Å². The largest absolute Gasteiger partial charge is 0.384 e. The molecule has 25 heavy (non-hydrogen) atoms. The average Bonchev–Trinajstić information content (AvgIpc) is 2.91. The number of amides is 1. The third-order valence-corrected chi connectivity index (χ3v) is 6.38. The van der Waals surface area contributed by atoms with Crippen molar-refractivity contribution in [3.8, 4) is 0 Å². The minimum Gasteiger partial charge on any atom is -0.384 e. The molecule has 0 spiro atoms. The molecule has 5 nitrogen and oxygen atoms in total. The number of nitrogens with one attached hydrogen (secondary N) is 2. The molecule has 1 aromatic rings. The summed E-state index contributed by atoms with van der Waals surface area (Å²) in [5.41, 5.74) is 1.77. The van der Waals surface area contributed by atoms with Crippen molar-refractivity contribution in [3.63, 3.8) is 0 Å². The summed E-state index contributed by atoms with van der Waals surface area (Å²) in [5, 5.41) is 6.63. The Labute approximate surface area is 152 Å². The number of carbonyl (C=O) groups excluding carboxylic acids is 1. The lowest BCUT2D eigenvalue weighted by atomic mass is 9.89. The molecule has 2 heterocycles. The van der Waals surface area contributed by atoms with Crippen LogP contribution in [0, 0.1) is 5.92 Å². The van der Waals surface area contributed by atoms with Gasteiger partial charge in [0.15, 0.2) is 0 Å². The molecule has 2 N–H and O–H groups in total. The van der Waals surface area contributed by atoms with Crippen molar-refractivity contribution < 1.29 is 13.7 Å². The zero-order chi connectivity index (χ0) is 17.6. The van der Waals surface area contributed by atoms with Gasteiger partial charge in [0, 0.05) is 53.6 Å². The van der Waals surface area contributed by atoms with Crippen LogP contribution >= 0.6 is 0 Å². The molecule has 3 atom stereocenters. The number of ether oxygens (including phenoxy) is 1. The van der Waals surface area contributed by atoms with Crippen LogP contribution in [-0.2, 0) is 26.1 Å². The Morgan fingerprint density at radius 2 is 2.08 bits per heavy atom. The molecule has 0 saturated carbocycles. The fourth-order valence-electron chi connectivity index (χ4n) is 3.99. The van der Waals surface area contributed by atoms with Gasteiger partial charge in [-0.2, -0.15) is 0 Å². The second kappa shape index (κ2) is 8.92. The van der Waals surface area contributed by atoms with Crippen molar-refractivity contribution in [3.05, 3.63) is 29.8 Å². The predicted molar refractivity (Wildman–Crippen MR) is 101 cm³/mol. The predicted octanol–water partition coefficient (Wildman–Crippen LogP) is 2.44. The fourth-order valence-corrected chi connectivity index (χ4v) is 5.04. The number of fused-ring (bicyclic) bond motifs is 2. The SMILES string of the molecule is COCCS(=O)Cc1cccc(NC(=O)CC2CC3CCC(C2)N3)c1. The minimum atomic E-state index is -0.943. The fraction of sp³-hybridized carbons (Fsp3) is 0.632. The maximum atomic E-state index is 12.4. The highest BCUT2D eigenvalue weighted by Crippen LogP contribution is 2.32. The lowest BCUT2D eigenvalue weighted by Gasteiger charge is -2.28. The van der Waals surface area contributed by atoms with E-state index < -0.39 is 10.8 Å². The van der Waals surface area contributed by atoms with E-state index in [1.165, 1.54) is 12.8 Å². The number of benzene rings is 1. The Bertz CT molecular complexity index is 610. The molecule has 2 saturated heterocycles. The second-order valence-corrected chi connectivity index (χ2v) is 8.79. The van der Waals surface area contributed by atoms with Crippen LogP contribution in [0.3, 0.4) is 0 Å². The van der Waals surface area contributed by atoms with Crippen molar-refractivity contribution in [1.82, 2.24) is 5.32 Å². The zero-order valence-corrected chi connectivity index (χ0v) is 15.6. The summed E-state index contributed by atoms with van der Waals surface area (Å²) in [5.74, 6) is 1.60. The van der Waals surface area contributed by atoms with Crippen LogP contribution in [0.2, 0.25) is 0 Å². The number of methoxy groups -OCH3 is 1. The van der Waals surface area contributed by atoms with Gasteiger partial charge in [-0.05, 0) is 49.3 Å². The van der Waals surface area contributed by atoms with Gasteiger partial charge in [0.25, 0.3) is 0 Å². The lowest BCUT2D eigenvalue weighted by molar-refractivity contribution is -0.117. The Kier molecular flexibility index (Phi) is 6.62. The molecule has 1 amide bonds.